The Morgan fingerprint density at radius 3 is 2.56 bits per heavy atom. The van der Waals surface area contributed by atoms with Crippen LogP contribution in [0.25, 0.3) is 0 Å². The highest BCUT2D eigenvalue weighted by Gasteiger charge is 2.13. The van der Waals surface area contributed by atoms with Gasteiger partial charge in [0.1, 0.15) is 18.2 Å². The molecule has 1 N–H and O–H groups in total. The lowest BCUT2D eigenvalue weighted by atomic mass is 10.2. The minimum atomic E-state index is -0.471. The summed E-state index contributed by atoms with van der Waals surface area (Å²) in [6.07, 6.45) is 0. The molecule has 5 heteroatoms. The lowest BCUT2D eigenvalue weighted by Gasteiger charge is -2.19. The molecule has 1 aromatic rings. The van der Waals surface area contributed by atoms with Crippen molar-refractivity contribution in [1.82, 2.24) is 0 Å². The first-order chi connectivity index (χ1) is 8.30. The summed E-state index contributed by atoms with van der Waals surface area (Å²) in [6, 6.07) is 4.00. The molecule has 18 heavy (non-hydrogen) atoms. The van der Waals surface area contributed by atoms with Crippen LogP contribution < -0.4 is 10.1 Å². The van der Waals surface area contributed by atoms with E-state index < -0.39 is 11.4 Å². The molecule has 0 aliphatic rings. The van der Waals surface area contributed by atoms with Crippen molar-refractivity contribution in [1.29, 1.82) is 0 Å². The molecule has 0 aliphatic heterocycles. The second kappa shape index (κ2) is 5.82. The average Bonchev–Trinajstić information content (AvgIpc) is 2.24. The molecule has 0 saturated heterocycles. The van der Waals surface area contributed by atoms with Crippen molar-refractivity contribution in [2.24, 2.45) is 0 Å². The fourth-order valence-electron chi connectivity index (χ4n) is 1.23. The lowest BCUT2D eigenvalue weighted by Crippen LogP contribution is -2.27. The topological polar surface area (TPSA) is 47.6 Å². The van der Waals surface area contributed by atoms with Crippen LogP contribution in [0.1, 0.15) is 20.8 Å². The van der Waals surface area contributed by atoms with Crippen molar-refractivity contribution in [3.63, 3.8) is 0 Å². The SMILES string of the molecule is COc1cc(F)cc(NC(=O)COC(C)(C)C)c1. The molecule has 1 amide bonds. The van der Waals surface area contributed by atoms with Crippen LogP contribution in [0.15, 0.2) is 18.2 Å². The Kier molecular flexibility index (Phi) is 4.67. The first-order valence-electron chi connectivity index (χ1n) is 5.58. The van der Waals surface area contributed by atoms with Crippen molar-refractivity contribution >= 4 is 11.6 Å². The minimum absolute atomic E-state index is 0.0810. The quantitative estimate of drug-likeness (QED) is 0.899. The van der Waals surface area contributed by atoms with Gasteiger partial charge in [0.15, 0.2) is 0 Å². The highest BCUT2D eigenvalue weighted by Crippen LogP contribution is 2.19. The molecule has 4 nitrogen and oxygen atoms in total. The number of nitrogens with one attached hydrogen (secondary N) is 1. The Morgan fingerprint density at radius 2 is 2.00 bits per heavy atom. The van der Waals surface area contributed by atoms with Gasteiger partial charge in [-0.25, -0.2) is 4.39 Å². The molecule has 0 radical (unpaired) electrons. The van der Waals surface area contributed by atoms with Crippen LogP contribution in [-0.2, 0) is 9.53 Å². The van der Waals surface area contributed by atoms with Crippen LogP contribution >= 0.6 is 0 Å². The standard InChI is InChI=1S/C13H18FNO3/c1-13(2,3)18-8-12(16)15-10-5-9(14)6-11(7-10)17-4/h5-7H,8H2,1-4H3,(H,15,16). The van der Waals surface area contributed by atoms with E-state index >= 15 is 0 Å². The van der Waals surface area contributed by atoms with Crippen LogP contribution in [0.5, 0.6) is 5.75 Å². The molecule has 0 atom stereocenters. The van der Waals surface area contributed by atoms with Gasteiger partial charge < -0.3 is 14.8 Å². The second-order valence-corrected chi connectivity index (χ2v) is 4.83. The summed E-state index contributed by atoms with van der Waals surface area (Å²) in [6.45, 7) is 5.48. The Morgan fingerprint density at radius 1 is 1.33 bits per heavy atom. The van der Waals surface area contributed by atoms with Crippen molar-refractivity contribution in [3.8, 4) is 5.75 Å². The summed E-state index contributed by atoms with van der Waals surface area (Å²) < 4.78 is 23.4. The number of amides is 1. The maximum Gasteiger partial charge on any atom is 0.250 e. The molecule has 0 heterocycles. The van der Waals surface area contributed by atoms with Gasteiger partial charge in [0.2, 0.25) is 5.91 Å². The molecule has 0 saturated carbocycles. The van der Waals surface area contributed by atoms with E-state index in [0.29, 0.717) is 11.4 Å². The normalized spacial score (nSPS) is 11.2. The average molecular weight is 255 g/mol. The summed E-state index contributed by atoms with van der Waals surface area (Å²) in [5.41, 5.74) is -0.0499. The van der Waals surface area contributed by atoms with E-state index in [9.17, 15) is 9.18 Å². The largest absolute Gasteiger partial charge is 0.497 e. The summed E-state index contributed by atoms with van der Waals surface area (Å²) in [5, 5.41) is 2.55. The van der Waals surface area contributed by atoms with Crippen LogP contribution in [0.3, 0.4) is 0 Å². The van der Waals surface area contributed by atoms with E-state index in [1.54, 1.807) is 0 Å². The van der Waals surface area contributed by atoms with E-state index in [4.69, 9.17) is 9.47 Å². The van der Waals surface area contributed by atoms with Crippen molar-refractivity contribution in [3.05, 3.63) is 24.0 Å². The Balaban J connectivity index is 2.61. The molecular formula is C13H18FNO3. The summed E-state index contributed by atoms with van der Waals surface area (Å²) in [4.78, 5) is 11.6. The van der Waals surface area contributed by atoms with Crippen molar-refractivity contribution in [2.45, 2.75) is 26.4 Å². The van der Waals surface area contributed by atoms with Crippen LogP contribution in [-0.4, -0.2) is 25.2 Å². The van der Waals surface area contributed by atoms with Crippen molar-refractivity contribution in [2.75, 3.05) is 19.0 Å². The third-order valence-electron chi connectivity index (χ3n) is 2.03. The highest BCUT2D eigenvalue weighted by molar-refractivity contribution is 5.91. The Hall–Kier alpha value is -1.62. The zero-order valence-corrected chi connectivity index (χ0v) is 11.0. The highest BCUT2D eigenvalue weighted by atomic mass is 19.1. The Bertz CT molecular complexity index is 427. The number of hydrogen-bond acceptors (Lipinski definition) is 3. The maximum absolute atomic E-state index is 13.2. The number of carbonyl (C=O) groups is 1. The third kappa shape index (κ3) is 5.14. The van der Waals surface area contributed by atoms with Gasteiger partial charge in [-0.05, 0) is 26.8 Å². The van der Waals surface area contributed by atoms with E-state index in [1.807, 2.05) is 20.8 Å². The van der Waals surface area contributed by atoms with Gasteiger partial charge in [0.25, 0.3) is 0 Å². The number of halogens is 1. The first kappa shape index (κ1) is 14.4. The number of hydrogen-bond donors (Lipinski definition) is 1. The summed E-state index contributed by atoms with van der Waals surface area (Å²) in [7, 11) is 1.43. The van der Waals surface area contributed by atoms with Crippen LogP contribution in [0.2, 0.25) is 0 Å². The number of ether oxygens (including phenoxy) is 2. The van der Waals surface area contributed by atoms with Gasteiger partial charge in [0, 0.05) is 17.8 Å². The van der Waals surface area contributed by atoms with Gasteiger partial charge in [-0.3, -0.25) is 4.79 Å². The third-order valence-corrected chi connectivity index (χ3v) is 2.03. The molecule has 1 rings (SSSR count). The molecule has 0 unspecified atom stereocenters. The van der Waals surface area contributed by atoms with E-state index in [1.165, 1.54) is 25.3 Å². The van der Waals surface area contributed by atoms with Crippen molar-refractivity contribution < 1.29 is 18.7 Å². The maximum atomic E-state index is 13.2. The van der Waals surface area contributed by atoms with Crippen LogP contribution in [0, 0.1) is 5.82 Å². The monoisotopic (exact) mass is 255 g/mol. The number of benzene rings is 1. The van der Waals surface area contributed by atoms with Gasteiger partial charge in [-0.2, -0.15) is 0 Å². The van der Waals surface area contributed by atoms with E-state index in [2.05, 4.69) is 5.32 Å². The molecule has 1 aromatic carbocycles. The molecule has 0 bridgehead atoms. The molecule has 0 fully saturated rings. The summed E-state index contributed by atoms with van der Waals surface area (Å²) >= 11 is 0. The summed E-state index contributed by atoms with van der Waals surface area (Å²) in [5.74, 6) is -0.457. The van der Waals surface area contributed by atoms with E-state index in [0.717, 1.165) is 0 Å². The zero-order valence-electron chi connectivity index (χ0n) is 11.0. The molecule has 0 aliphatic carbocycles. The van der Waals surface area contributed by atoms with E-state index in [-0.39, 0.29) is 12.5 Å². The van der Waals surface area contributed by atoms with Crippen LogP contribution in [0.4, 0.5) is 10.1 Å². The fourth-order valence-corrected chi connectivity index (χ4v) is 1.23. The number of methoxy groups -OCH3 is 1. The second-order valence-electron chi connectivity index (χ2n) is 4.83. The zero-order chi connectivity index (χ0) is 13.8. The predicted molar refractivity (Wildman–Crippen MR) is 67.3 cm³/mol. The first-order valence-corrected chi connectivity index (χ1v) is 5.58. The number of carbonyl (C=O) groups excluding carboxylic acids is 1. The van der Waals surface area contributed by atoms with Gasteiger partial charge in [0.05, 0.1) is 12.7 Å². The van der Waals surface area contributed by atoms with Gasteiger partial charge >= 0.3 is 0 Å². The predicted octanol–water partition coefficient (Wildman–Crippen LogP) is 2.59. The minimum Gasteiger partial charge on any atom is -0.497 e. The molecule has 100 valence electrons. The fraction of sp³-hybridized carbons (Fsp3) is 0.462. The number of rotatable bonds is 4. The Labute approximate surface area is 106 Å². The smallest absolute Gasteiger partial charge is 0.250 e. The van der Waals surface area contributed by atoms with Gasteiger partial charge in [-0.1, -0.05) is 0 Å². The van der Waals surface area contributed by atoms with Gasteiger partial charge in [-0.15, -0.1) is 0 Å². The lowest BCUT2D eigenvalue weighted by molar-refractivity contribution is -0.125. The molecule has 0 spiro atoms. The molecule has 0 aromatic heterocycles. The number of anilines is 1. The molecular weight excluding hydrogens is 237 g/mol.